The summed E-state index contributed by atoms with van der Waals surface area (Å²) in [5.41, 5.74) is 9.00. The maximum absolute atomic E-state index is 15.5. The van der Waals surface area contributed by atoms with Gasteiger partial charge in [0.2, 0.25) is 88.6 Å². The van der Waals surface area contributed by atoms with Crippen molar-refractivity contribution in [2.45, 2.75) is 172 Å². The minimum Gasteiger partial charge on any atom is -0.508 e. The van der Waals surface area contributed by atoms with E-state index in [0.717, 1.165) is 26.5 Å². The lowest BCUT2D eigenvalue weighted by molar-refractivity contribution is -0.151. The molecule has 1 aliphatic rings. The molecule has 8 rings (SSSR count). The zero-order valence-electron chi connectivity index (χ0n) is 73.0. The molecule has 684 valence electrons. The SMILES string of the molecule is CCCC[C@H]1C(=O)N(C)CC(=O)N[C@@H](CC(=O)O)C(=O)N[C@@H](C(C)C)C(=O)N[C@@H](Cc2ccncc2)C(=O)N[C@@H](Cc2ccc(O)cc2)C(=O)N(C)CC(=O)N[C@@H](Cc2c[nH]c3ccccc23)C(=O)N[C@@H](Cc2ccc(O)cc2)C(=O)N[C@@H](CC(C)C)C(=O)N[C@H](C(=O)NCC(N)=O)CSCC(=O)N[C@@H](Cc2ccccc2)C(=O)N(C)[C@@H](Cc2ccccc2)C(=O)N1C. The molecule has 16 N–H and O–H groups in total. The number of aromatic nitrogens is 2. The van der Waals surface area contributed by atoms with Crippen LogP contribution >= 0.6 is 11.8 Å². The van der Waals surface area contributed by atoms with E-state index in [1.165, 1.54) is 108 Å². The number of para-hydroxylation sites is 1. The third kappa shape index (κ3) is 30.6. The first-order chi connectivity index (χ1) is 60.9. The summed E-state index contributed by atoms with van der Waals surface area (Å²) < 4.78 is 0. The Hall–Kier alpha value is -13.7. The molecule has 1 fully saturated rings. The zero-order chi connectivity index (χ0) is 93.4. The van der Waals surface area contributed by atoms with E-state index in [2.05, 4.69) is 63.1 Å². The Balaban J connectivity index is 1.20. The van der Waals surface area contributed by atoms with Crippen LogP contribution in [0.1, 0.15) is 100 Å². The molecule has 7 aromatic rings. The number of hydrogen-bond donors (Lipinski definition) is 15. The second-order valence-electron chi connectivity index (χ2n) is 32.5. The fourth-order valence-corrected chi connectivity index (χ4v) is 15.4. The number of hydrogen-bond acceptors (Lipinski definition) is 20. The van der Waals surface area contributed by atoms with E-state index in [9.17, 15) is 63.3 Å². The molecule has 0 saturated carbocycles. The number of H-pyrrole nitrogens is 1. The van der Waals surface area contributed by atoms with E-state index in [4.69, 9.17) is 5.73 Å². The van der Waals surface area contributed by atoms with Gasteiger partial charge in [0.25, 0.3) is 0 Å². The zero-order valence-corrected chi connectivity index (χ0v) is 73.8. The molecule has 0 aliphatic carbocycles. The van der Waals surface area contributed by atoms with Gasteiger partial charge in [0.1, 0.15) is 78.0 Å². The van der Waals surface area contributed by atoms with Crippen molar-refractivity contribution in [2.24, 2.45) is 17.6 Å². The largest absolute Gasteiger partial charge is 0.508 e. The molecule has 0 radical (unpaired) electrons. The average Bonchev–Trinajstić information content (AvgIpc) is 1.75. The van der Waals surface area contributed by atoms with Gasteiger partial charge in [-0.05, 0) is 101 Å². The summed E-state index contributed by atoms with van der Waals surface area (Å²) >= 11 is 0.827. The van der Waals surface area contributed by atoms with Crippen LogP contribution in [-0.4, -0.2) is 265 Å². The van der Waals surface area contributed by atoms with Crippen LogP contribution in [-0.2, 0) is 115 Å². The lowest BCUT2D eigenvalue weighted by atomic mass is 9.99. The Kier molecular flexibility index (Phi) is 37.9. The number of thioether (sulfide) groups is 1. The number of primary amides is 1. The predicted molar refractivity (Wildman–Crippen MR) is 475 cm³/mol. The number of carboxylic acids is 1. The lowest BCUT2D eigenvalue weighted by Gasteiger charge is -2.37. The minimum atomic E-state index is -1.91. The van der Waals surface area contributed by atoms with Crippen molar-refractivity contribution >= 4 is 117 Å². The summed E-state index contributed by atoms with van der Waals surface area (Å²) in [7, 11) is 5.22. The van der Waals surface area contributed by atoms with Crippen LogP contribution in [0.2, 0.25) is 0 Å². The highest BCUT2D eigenvalue weighted by Gasteiger charge is 2.41. The Morgan fingerprint density at radius 2 is 0.938 bits per heavy atom. The molecular formula is C91H115N17O19S. The fourth-order valence-electron chi connectivity index (χ4n) is 14.6. The molecule has 1 aliphatic heterocycles. The number of phenolic OH excluding ortho intramolecular Hbond substituents is 2. The van der Waals surface area contributed by atoms with Gasteiger partial charge in [-0.1, -0.05) is 151 Å². The van der Waals surface area contributed by atoms with Crippen LogP contribution in [0.25, 0.3) is 10.9 Å². The van der Waals surface area contributed by atoms with Crippen molar-refractivity contribution in [1.29, 1.82) is 0 Å². The van der Waals surface area contributed by atoms with Crippen molar-refractivity contribution in [3.8, 4) is 11.5 Å². The monoisotopic (exact) mass is 1780 g/mol. The number of phenols is 2. The van der Waals surface area contributed by atoms with Crippen molar-refractivity contribution < 1.29 is 92.0 Å². The quantitative estimate of drug-likeness (QED) is 0.0430. The third-order valence-corrected chi connectivity index (χ3v) is 22.5. The molecule has 11 atom stereocenters. The van der Waals surface area contributed by atoms with Gasteiger partial charge >= 0.3 is 5.97 Å². The Morgan fingerprint density at radius 3 is 1.48 bits per heavy atom. The van der Waals surface area contributed by atoms with Crippen LogP contribution in [0.5, 0.6) is 11.5 Å². The topological polar surface area (TPSA) is 522 Å². The van der Waals surface area contributed by atoms with E-state index < -0.39 is 199 Å². The van der Waals surface area contributed by atoms with E-state index in [1.54, 1.807) is 117 Å². The average molecular weight is 1780 g/mol. The van der Waals surface area contributed by atoms with Gasteiger partial charge in [0.15, 0.2) is 0 Å². The van der Waals surface area contributed by atoms with Gasteiger partial charge < -0.3 is 98.8 Å². The second-order valence-corrected chi connectivity index (χ2v) is 33.6. The van der Waals surface area contributed by atoms with Crippen LogP contribution in [0.15, 0.2) is 164 Å². The normalized spacial score (nSPS) is 21.9. The van der Waals surface area contributed by atoms with Crippen molar-refractivity contribution in [3.05, 3.63) is 198 Å². The number of carbonyl (C=O) groups is 16. The molecule has 37 heteroatoms. The number of nitrogens with one attached hydrogen (secondary N) is 11. The standard InChI is InChI=1S/C91H115N17O19S/c1-10-11-26-73-90(126)106(7)50-77(113)97-69(46-79(115)116)86(122)104-80(54(4)5)87(123)101-67(41-59-35-37-93-38-36-59)84(120)102-70(43-58-29-33-62(110)34-30-58)88(124)105(6)49-76(112)96-68(45-60-47-94-64-25-19-18-24-63(60)64)85(121)100-66(40-57-27-31-61(109)32-28-57)83(119)99-65(39-53(2)3)82(118)103-72(81(117)95-48-75(92)111)51-128-52-78(114)98-71(42-55-20-14-12-15-21-55)89(125)108(9)74(91(127)107(73)8)44-56-22-16-13-17-23-56/h12-25,27-38,47,53-54,65-74,80,94,109-110H,10-11,26,39-46,48-52H2,1-9H3,(H2,92,111)(H,95,117)(H,96,112)(H,97,113)(H,98,114)(H,99,119)(H,100,121)(H,101,123)(H,102,120)(H,103,118)(H,104,122)(H,115,116)/t65-,66-,67-,68-,69-,70-,71-,72-,73-,74-,80-/m0/s1. The van der Waals surface area contributed by atoms with Gasteiger partial charge in [-0.3, -0.25) is 81.7 Å². The summed E-state index contributed by atoms with van der Waals surface area (Å²) in [6.07, 6.45) is 2.82. The summed E-state index contributed by atoms with van der Waals surface area (Å²) in [6, 6.07) is 21.6. The van der Waals surface area contributed by atoms with E-state index in [0.29, 0.717) is 57.1 Å². The maximum atomic E-state index is 15.5. The smallest absolute Gasteiger partial charge is 0.305 e. The molecule has 5 aromatic carbocycles. The molecule has 1 saturated heterocycles. The molecule has 0 unspecified atom stereocenters. The first kappa shape index (κ1) is 99.7. The number of aliphatic carboxylic acids is 1. The number of fused-ring (bicyclic) bond motifs is 1. The molecule has 36 nitrogen and oxygen atoms in total. The highest BCUT2D eigenvalue weighted by Crippen LogP contribution is 2.24. The molecule has 128 heavy (non-hydrogen) atoms. The van der Waals surface area contributed by atoms with Crippen molar-refractivity contribution in [1.82, 2.24) is 82.7 Å². The number of nitrogens with two attached hydrogens (primary N) is 1. The Labute approximate surface area is 745 Å². The molecule has 0 spiro atoms. The maximum Gasteiger partial charge on any atom is 0.305 e. The molecular weight excluding hydrogens is 1670 g/mol. The number of pyridine rings is 1. The summed E-state index contributed by atoms with van der Waals surface area (Å²) in [6.45, 7) is 6.09. The van der Waals surface area contributed by atoms with Crippen LogP contribution in [0.3, 0.4) is 0 Å². The number of amides is 15. The van der Waals surface area contributed by atoms with Gasteiger partial charge in [0.05, 0.1) is 31.8 Å². The van der Waals surface area contributed by atoms with Crippen LogP contribution < -0.4 is 58.9 Å². The number of carboxylic acid groups (broad SMARTS) is 1. The number of rotatable bonds is 23. The third-order valence-electron chi connectivity index (χ3n) is 21.5. The molecule has 2 aromatic heterocycles. The summed E-state index contributed by atoms with van der Waals surface area (Å²) in [5, 5.41) is 58.0. The number of aromatic amines is 1. The van der Waals surface area contributed by atoms with E-state index in [1.807, 2.05) is 6.92 Å². The fraction of sp³-hybridized carbons (Fsp3) is 0.418. The van der Waals surface area contributed by atoms with E-state index >= 15 is 28.8 Å². The van der Waals surface area contributed by atoms with Crippen molar-refractivity contribution in [3.63, 3.8) is 0 Å². The molecule has 3 heterocycles. The Morgan fingerprint density at radius 1 is 0.484 bits per heavy atom. The number of aromatic hydroxyl groups is 2. The highest BCUT2D eigenvalue weighted by molar-refractivity contribution is 8.00. The van der Waals surface area contributed by atoms with Gasteiger partial charge in [-0.15, -0.1) is 11.8 Å². The van der Waals surface area contributed by atoms with Gasteiger partial charge in [0, 0.05) is 102 Å². The van der Waals surface area contributed by atoms with E-state index in [-0.39, 0.29) is 74.5 Å². The van der Waals surface area contributed by atoms with Gasteiger partial charge in [-0.25, -0.2) is 0 Å². The predicted octanol–water partition coefficient (Wildman–Crippen LogP) is 1.38. The molecule has 15 amide bonds. The second kappa shape index (κ2) is 48.7. The minimum absolute atomic E-state index is 0.0267. The number of likely N-dealkylation sites (N-methyl/N-ethyl adjacent to an activating group) is 4. The van der Waals surface area contributed by atoms with Crippen LogP contribution in [0.4, 0.5) is 0 Å². The summed E-state index contributed by atoms with van der Waals surface area (Å²) in [4.78, 5) is 245. The van der Waals surface area contributed by atoms with Crippen molar-refractivity contribution in [2.75, 3.05) is 59.3 Å². The number of benzene rings is 5. The van der Waals surface area contributed by atoms with Crippen LogP contribution in [0, 0.1) is 11.8 Å². The number of carbonyl (C=O) groups excluding carboxylic acids is 15. The number of unbranched alkanes of at least 4 members (excludes halogenated alkanes) is 1. The lowest BCUT2D eigenvalue weighted by Crippen LogP contribution is -2.61. The van der Waals surface area contributed by atoms with Gasteiger partial charge in [-0.2, -0.15) is 0 Å². The first-order valence-electron chi connectivity index (χ1n) is 42.1. The Bertz CT molecular complexity index is 5030. The first-order valence-corrected chi connectivity index (χ1v) is 43.3. The highest BCUT2D eigenvalue weighted by atomic mass is 32.2. The summed E-state index contributed by atoms with van der Waals surface area (Å²) in [5.74, 6) is -17.7. The molecule has 0 bridgehead atoms. The number of nitrogens with zero attached hydrogens (tertiary/aromatic N) is 5.